The largest absolute Gasteiger partial charge is 0.399 e. The second-order valence-electron chi connectivity index (χ2n) is 5.25. The molecule has 0 aliphatic rings. The first-order chi connectivity index (χ1) is 10.6. The molecule has 22 heavy (non-hydrogen) atoms. The molecule has 4 nitrogen and oxygen atoms in total. The molecule has 1 atom stereocenters. The van der Waals surface area contributed by atoms with E-state index in [9.17, 15) is 4.79 Å². The first kappa shape index (κ1) is 16.0. The Labute approximate surface area is 131 Å². The van der Waals surface area contributed by atoms with E-state index < -0.39 is 0 Å². The van der Waals surface area contributed by atoms with Gasteiger partial charge in [0.1, 0.15) is 0 Å². The van der Waals surface area contributed by atoms with E-state index in [0.29, 0.717) is 24.3 Å². The van der Waals surface area contributed by atoms with Crippen LogP contribution in [0.25, 0.3) is 0 Å². The average molecular weight is 297 g/mol. The van der Waals surface area contributed by atoms with Crippen molar-refractivity contribution in [3.63, 3.8) is 0 Å². The van der Waals surface area contributed by atoms with Gasteiger partial charge in [-0.05, 0) is 49.2 Å². The molecule has 4 heteroatoms. The van der Waals surface area contributed by atoms with Crippen LogP contribution < -0.4 is 11.5 Å². The quantitative estimate of drug-likeness (QED) is 0.834. The molecule has 0 aliphatic heterocycles. The van der Waals surface area contributed by atoms with Crippen molar-refractivity contribution in [1.29, 1.82) is 0 Å². The third-order valence-corrected chi connectivity index (χ3v) is 3.84. The fourth-order valence-electron chi connectivity index (χ4n) is 2.47. The third-order valence-electron chi connectivity index (χ3n) is 3.84. The number of hydrogen-bond donors (Lipinski definition) is 2. The van der Waals surface area contributed by atoms with Crippen molar-refractivity contribution in [1.82, 2.24) is 4.90 Å². The Bertz CT molecular complexity index is 633. The number of benzene rings is 2. The fraction of sp³-hybridized carbons (Fsp3) is 0.278. The standard InChI is InChI=1S/C18H23N3O/c1-3-21(4-2)18(22)14-10-8-13(9-11-14)17(20)15-6-5-7-16(19)12-15/h5-12,17H,3-4,19-20H2,1-2H3/t17-/m1/s1. The first-order valence-corrected chi connectivity index (χ1v) is 7.57. The van der Waals surface area contributed by atoms with Crippen LogP contribution in [0.15, 0.2) is 48.5 Å². The summed E-state index contributed by atoms with van der Waals surface area (Å²) in [5.41, 5.74) is 15.4. The van der Waals surface area contributed by atoms with Gasteiger partial charge in [0.2, 0.25) is 0 Å². The highest BCUT2D eigenvalue weighted by atomic mass is 16.2. The Morgan fingerprint density at radius 2 is 1.68 bits per heavy atom. The Morgan fingerprint density at radius 3 is 2.23 bits per heavy atom. The van der Waals surface area contributed by atoms with Gasteiger partial charge in [-0.3, -0.25) is 4.79 Å². The van der Waals surface area contributed by atoms with Crippen LogP contribution in [-0.4, -0.2) is 23.9 Å². The molecule has 0 aliphatic carbocycles. The van der Waals surface area contributed by atoms with Crippen LogP contribution in [0.5, 0.6) is 0 Å². The van der Waals surface area contributed by atoms with Crippen LogP contribution >= 0.6 is 0 Å². The van der Waals surface area contributed by atoms with Crippen LogP contribution in [0.4, 0.5) is 5.69 Å². The molecule has 0 bridgehead atoms. The number of anilines is 1. The van der Waals surface area contributed by atoms with Crippen LogP contribution in [0, 0.1) is 0 Å². The van der Waals surface area contributed by atoms with Crippen molar-refractivity contribution in [2.45, 2.75) is 19.9 Å². The first-order valence-electron chi connectivity index (χ1n) is 7.57. The van der Waals surface area contributed by atoms with Crippen molar-refractivity contribution in [3.8, 4) is 0 Å². The van der Waals surface area contributed by atoms with Gasteiger partial charge in [0.05, 0.1) is 6.04 Å². The summed E-state index contributed by atoms with van der Waals surface area (Å²) in [6, 6.07) is 14.8. The van der Waals surface area contributed by atoms with Crippen molar-refractivity contribution < 1.29 is 4.79 Å². The average Bonchev–Trinajstić information content (AvgIpc) is 2.55. The van der Waals surface area contributed by atoms with E-state index in [4.69, 9.17) is 11.5 Å². The summed E-state index contributed by atoms with van der Waals surface area (Å²) in [4.78, 5) is 14.1. The Hall–Kier alpha value is -2.33. The molecular formula is C18H23N3O. The summed E-state index contributed by atoms with van der Waals surface area (Å²) >= 11 is 0. The molecule has 2 rings (SSSR count). The lowest BCUT2D eigenvalue weighted by Gasteiger charge is -2.19. The summed E-state index contributed by atoms with van der Waals surface area (Å²) in [6.45, 7) is 5.37. The minimum absolute atomic E-state index is 0.0501. The van der Waals surface area contributed by atoms with Gasteiger partial charge >= 0.3 is 0 Å². The van der Waals surface area contributed by atoms with Gasteiger partial charge in [-0.2, -0.15) is 0 Å². The topological polar surface area (TPSA) is 72.3 Å². The van der Waals surface area contributed by atoms with E-state index in [1.165, 1.54) is 0 Å². The maximum absolute atomic E-state index is 12.3. The monoisotopic (exact) mass is 297 g/mol. The molecule has 0 spiro atoms. The van der Waals surface area contributed by atoms with Gasteiger partial charge in [-0.25, -0.2) is 0 Å². The fourth-order valence-corrected chi connectivity index (χ4v) is 2.47. The van der Waals surface area contributed by atoms with Gasteiger partial charge in [0.25, 0.3) is 5.91 Å². The molecule has 4 N–H and O–H groups in total. The summed E-state index contributed by atoms with van der Waals surface area (Å²) in [5.74, 6) is 0.0501. The Morgan fingerprint density at radius 1 is 1.05 bits per heavy atom. The number of carbonyl (C=O) groups excluding carboxylic acids is 1. The van der Waals surface area contributed by atoms with Crippen LogP contribution in [-0.2, 0) is 0 Å². The molecule has 1 amide bonds. The number of carbonyl (C=O) groups is 1. The minimum Gasteiger partial charge on any atom is -0.399 e. The van der Waals surface area contributed by atoms with E-state index in [1.807, 2.05) is 62.4 Å². The minimum atomic E-state index is -0.249. The predicted octanol–water partition coefficient (Wildman–Crippen LogP) is 2.80. The van der Waals surface area contributed by atoms with Crippen LogP contribution in [0.3, 0.4) is 0 Å². The summed E-state index contributed by atoms with van der Waals surface area (Å²) in [7, 11) is 0. The molecule has 0 aromatic heterocycles. The maximum atomic E-state index is 12.3. The third kappa shape index (κ3) is 3.46. The van der Waals surface area contributed by atoms with E-state index in [2.05, 4.69) is 0 Å². The lowest BCUT2D eigenvalue weighted by atomic mass is 9.98. The predicted molar refractivity (Wildman–Crippen MR) is 90.6 cm³/mol. The number of rotatable bonds is 5. The van der Waals surface area contributed by atoms with E-state index in [1.54, 1.807) is 4.90 Å². The van der Waals surface area contributed by atoms with Gasteiger partial charge in [0, 0.05) is 24.3 Å². The second-order valence-corrected chi connectivity index (χ2v) is 5.25. The Kier molecular flexibility index (Phi) is 5.17. The van der Waals surface area contributed by atoms with Crippen molar-refractivity contribution in [2.24, 2.45) is 5.73 Å². The molecule has 0 fully saturated rings. The molecule has 0 saturated carbocycles. The van der Waals surface area contributed by atoms with E-state index in [-0.39, 0.29) is 11.9 Å². The zero-order valence-electron chi connectivity index (χ0n) is 13.1. The normalized spacial score (nSPS) is 12.0. The van der Waals surface area contributed by atoms with E-state index in [0.717, 1.165) is 11.1 Å². The highest BCUT2D eigenvalue weighted by molar-refractivity contribution is 5.94. The number of amides is 1. The molecule has 0 heterocycles. The van der Waals surface area contributed by atoms with Gasteiger partial charge in [-0.15, -0.1) is 0 Å². The van der Waals surface area contributed by atoms with Crippen LogP contribution in [0.1, 0.15) is 41.4 Å². The van der Waals surface area contributed by atoms with Crippen LogP contribution in [0.2, 0.25) is 0 Å². The van der Waals surface area contributed by atoms with Gasteiger partial charge in [-0.1, -0.05) is 24.3 Å². The lowest BCUT2D eigenvalue weighted by Crippen LogP contribution is -2.30. The highest BCUT2D eigenvalue weighted by Crippen LogP contribution is 2.22. The summed E-state index contributed by atoms with van der Waals surface area (Å²) in [5, 5.41) is 0. The van der Waals surface area contributed by atoms with Crippen molar-refractivity contribution >= 4 is 11.6 Å². The number of nitrogens with zero attached hydrogens (tertiary/aromatic N) is 1. The van der Waals surface area contributed by atoms with Gasteiger partial charge in [0.15, 0.2) is 0 Å². The Balaban J connectivity index is 2.20. The number of nitrogens with two attached hydrogens (primary N) is 2. The molecular weight excluding hydrogens is 274 g/mol. The molecule has 116 valence electrons. The number of nitrogen functional groups attached to an aromatic ring is 1. The molecule has 2 aromatic rings. The number of hydrogen-bond acceptors (Lipinski definition) is 3. The van der Waals surface area contributed by atoms with Crippen molar-refractivity contribution in [3.05, 3.63) is 65.2 Å². The van der Waals surface area contributed by atoms with E-state index >= 15 is 0 Å². The second kappa shape index (κ2) is 7.09. The summed E-state index contributed by atoms with van der Waals surface area (Å²) in [6.07, 6.45) is 0. The highest BCUT2D eigenvalue weighted by Gasteiger charge is 2.14. The smallest absolute Gasteiger partial charge is 0.253 e. The SMILES string of the molecule is CCN(CC)C(=O)c1ccc([C@@H](N)c2cccc(N)c2)cc1. The molecule has 0 radical (unpaired) electrons. The summed E-state index contributed by atoms with van der Waals surface area (Å²) < 4.78 is 0. The molecule has 2 aromatic carbocycles. The van der Waals surface area contributed by atoms with Gasteiger partial charge < -0.3 is 16.4 Å². The maximum Gasteiger partial charge on any atom is 0.253 e. The zero-order valence-corrected chi connectivity index (χ0v) is 13.1. The molecule has 0 saturated heterocycles. The molecule has 0 unspecified atom stereocenters. The van der Waals surface area contributed by atoms with Crippen molar-refractivity contribution in [2.75, 3.05) is 18.8 Å². The zero-order chi connectivity index (χ0) is 16.1. The lowest BCUT2D eigenvalue weighted by molar-refractivity contribution is 0.0773.